The highest BCUT2D eigenvalue weighted by atomic mass is 16.5. The molecular formula is C10H10N2O. The molecule has 0 aliphatic carbocycles. The summed E-state index contributed by atoms with van der Waals surface area (Å²) >= 11 is 0. The number of benzene rings is 1. The number of allylic oxidation sites excluding steroid dienone is 1. The molecule has 3 heteroatoms. The fourth-order valence-electron chi connectivity index (χ4n) is 0.936. The first-order chi connectivity index (χ1) is 6.27. The molecule has 0 amide bonds. The monoisotopic (exact) mass is 174 g/mol. The molecule has 0 unspecified atom stereocenters. The Morgan fingerprint density at radius 1 is 1.46 bits per heavy atom. The Kier molecular flexibility index (Phi) is 2.93. The molecule has 0 radical (unpaired) electrons. The second-order valence-electron chi connectivity index (χ2n) is 2.46. The molecule has 0 fully saturated rings. The molecule has 0 saturated heterocycles. The summed E-state index contributed by atoms with van der Waals surface area (Å²) in [4.78, 5) is 0. The van der Waals surface area contributed by atoms with E-state index in [0.29, 0.717) is 5.70 Å². The summed E-state index contributed by atoms with van der Waals surface area (Å²) in [5, 5.41) is 8.37. The van der Waals surface area contributed by atoms with E-state index in [9.17, 15) is 0 Å². The number of nitrogens with two attached hydrogens (primary N) is 1. The fraction of sp³-hybridized carbons (Fsp3) is 0.100. The molecule has 0 atom stereocenters. The van der Waals surface area contributed by atoms with Gasteiger partial charge in [0.2, 0.25) is 0 Å². The zero-order valence-corrected chi connectivity index (χ0v) is 7.32. The van der Waals surface area contributed by atoms with Crippen LogP contribution in [0.2, 0.25) is 0 Å². The molecule has 66 valence electrons. The van der Waals surface area contributed by atoms with E-state index in [1.165, 1.54) is 6.08 Å². The van der Waals surface area contributed by atoms with Crippen LogP contribution in [0.3, 0.4) is 0 Å². The highest BCUT2D eigenvalue weighted by Crippen LogP contribution is 2.14. The van der Waals surface area contributed by atoms with Crippen LogP contribution in [0.4, 0.5) is 0 Å². The normalized spacial score (nSPS) is 10.6. The van der Waals surface area contributed by atoms with E-state index in [0.717, 1.165) is 11.3 Å². The Morgan fingerprint density at radius 2 is 2.08 bits per heavy atom. The molecule has 0 aliphatic heterocycles. The minimum absolute atomic E-state index is 0.463. The second kappa shape index (κ2) is 4.17. The zero-order valence-electron chi connectivity index (χ0n) is 7.32. The second-order valence-corrected chi connectivity index (χ2v) is 2.46. The lowest BCUT2D eigenvalue weighted by Gasteiger charge is -2.01. The topological polar surface area (TPSA) is 59.0 Å². The van der Waals surface area contributed by atoms with Gasteiger partial charge in [-0.15, -0.1) is 0 Å². The van der Waals surface area contributed by atoms with Gasteiger partial charge in [-0.25, -0.2) is 0 Å². The van der Waals surface area contributed by atoms with Gasteiger partial charge in [-0.1, -0.05) is 0 Å². The van der Waals surface area contributed by atoms with Crippen molar-refractivity contribution in [2.75, 3.05) is 7.11 Å². The summed E-state index contributed by atoms with van der Waals surface area (Å²) in [6.07, 6.45) is 1.31. The Morgan fingerprint density at radius 3 is 2.54 bits per heavy atom. The van der Waals surface area contributed by atoms with E-state index in [2.05, 4.69) is 0 Å². The van der Waals surface area contributed by atoms with Crippen LogP contribution in [0.1, 0.15) is 5.56 Å². The molecule has 13 heavy (non-hydrogen) atoms. The number of nitriles is 1. The van der Waals surface area contributed by atoms with Crippen LogP contribution in [0.5, 0.6) is 5.75 Å². The molecule has 0 bridgehead atoms. The largest absolute Gasteiger partial charge is 0.497 e. The van der Waals surface area contributed by atoms with Gasteiger partial charge < -0.3 is 10.5 Å². The van der Waals surface area contributed by atoms with Crippen molar-refractivity contribution in [2.24, 2.45) is 5.73 Å². The fourth-order valence-corrected chi connectivity index (χ4v) is 0.936. The van der Waals surface area contributed by atoms with Crippen molar-refractivity contribution < 1.29 is 4.74 Å². The maximum absolute atomic E-state index is 8.37. The number of methoxy groups -OCH3 is 1. The Bertz CT molecular complexity index is 346. The van der Waals surface area contributed by atoms with Crippen LogP contribution in [-0.2, 0) is 0 Å². The van der Waals surface area contributed by atoms with Crippen LogP contribution < -0.4 is 10.5 Å². The molecule has 2 N–H and O–H groups in total. The zero-order chi connectivity index (χ0) is 9.68. The van der Waals surface area contributed by atoms with Crippen molar-refractivity contribution in [1.82, 2.24) is 0 Å². The molecule has 0 spiro atoms. The van der Waals surface area contributed by atoms with Crippen LogP contribution in [-0.4, -0.2) is 7.11 Å². The SMILES string of the molecule is COc1ccc(/C(N)=C/C#N)cc1. The number of ether oxygens (including phenoxy) is 1. The average Bonchev–Trinajstić information content (AvgIpc) is 2.18. The van der Waals surface area contributed by atoms with Gasteiger partial charge in [0.05, 0.1) is 13.2 Å². The third-order valence-electron chi connectivity index (χ3n) is 1.64. The Balaban J connectivity index is 2.94. The predicted molar refractivity (Wildman–Crippen MR) is 50.8 cm³/mol. The Labute approximate surface area is 77.0 Å². The minimum atomic E-state index is 0.463. The van der Waals surface area contributed by atoms with E-state index in [1.54, 1.807) is 19.2 Å². The molecule has 0 saturated carbocycles. The summed E-state index contributed by atoms with van der Waals surface area (Å²) in [5.74, 6) is 0.772. The van der Waals surface area contributed by atoms with E-state index in [1.807, 2.05) is 18.2 Å². The summed E-state index contributed by atoms with van der Waals surface area (Å²) < 4.78 is 4.98. The molecule has 3 nitrogen and oxygen atoms in total. The summed E-state index contributed by atoms with van der Waals surface area (Å²) in [6, 6.07) is 9.09. The van der Waals surface area contributed by atoms with Gasteiger partial charge in [0.25, 0.3) is 0 Å². The lowest BCUT2D eigenvalue weighted by atomic mass is 10.1. The quantitative estimate of drug-likeness (QED) is 0.691. The lowest BCUT2D eigenvalue weighted by Crippen LogP contribution is -1.95. The summed E-state index contributed by atoms with van der Waals surface area (Å²) in [6.45, 7) is 0. The van der Waals surface area contributed by atoms with Crippen LogP contribution in [0, 0.1) is 11.3 Å². The van der Waals surface area contributed by atoms with Gasteiger partial charge in [-0.2, -0.15) is 5.26 Å². The smallest absolute Gasteiger partial charge is 0.118 e. The highest BCUT2D eigenvalue weighted by molar-refractivity contribution is 5.65. The first kappa shape index (κ1) is 9.14. The van der Waals surface area contributed by atoms with E-state index in [-0.39, 0.29) is 0 Å². The van der Waals surface area contributed by atoms with E-state index in [4.69, 9.17) is 15.7 Å². The van der Waals surface area contributed by atoms with Crippen molar-refractivity contribution in [3.05, 3.63) is 35.9 Å². The molecule has 1 aromatic rings. The predicted octanol–water partition coefficient (Wildman–Crippen LogP) is 1.52. The van der Waals surface area contributed by atoms with Crippen molar-refractivity contribution in [3.8, 4) is 11.8 Å². The number of nitrogens with zero attached hydrogens (tertiary/aromatic N) is 1. The highest BCUT2D eigenvalue weighted by Gasteiger charge is 1.95. The van der Waals surface area contributed by atoms with E-state index < -0.39 is 0 Å². The first-order valence-electron chi connectivity index (χ1n) is 3.77. The van der Waals surface area contributed by atoms with Crippen LogP contribution in [0.15, 0.2) is 30.3 Å². The van der Waals surface area contributed by atoms with Gasteiger partial charge in [-0.3, -0.25) is 0 Å². The van der Waals surface area contributed by atoms with Crippen molar-refractivity contribution in [3.63, 3.8) is 0 Å². The van der Waals surface area contributed by atoms with Gasteiger partial charge >= 0.3 is 0 Å². The molecule has 0 heterocycles. The number of hydrogen-bond donors (Lipinski definition) is 1. The summed E-state index contributed by atoms with van der Waals surface area (Å²) in [5.41, 5.74) is 6.88. The van der Waals surface area contributed by atoms with Gasteiger partial charge in [0.15, 0.2) is 0 Å². The molecule has 0 aromatic heterocycles. The van der Waals surface area contributed by atoms with Gasteiger partial charge in [0, 0.05) is 11.8 Å². The lowest BCUT2D eigenvalue weighted by molar-refractivity contribution is 0.415. The first-order valence-corrected chi connectivity index (χ1v) is 3.77. The van der Waals surface area contributed by atoms with E-state index >= 15 is 0 Å². The average molecular weight is 174 g/mol. The van der Waals surface area contributed by atoms with Gasteiger partial charge in [-0.05, 0) is 29.8 Å². The van der Waals surface area contributed by atoms with Crippen LogP contribution >= 0.6 is 0 Å². The minimum Gasteiger partial charge on any atom is -0.497 e. The molecule has 0 aliphatic rings. The van der Waals surface area contributed by atoms with Crippen LogP contribution in [0.25, 0.3) is 5.70 Å². The number of hydrogen-bond acceptors (Lipinski definition) is 3. The van der Waals surface area contributed by atoms with Crippen molar-refractivity contribution in [2.45, 2.75) is 0 Å². The third-order valence-corrected chi connectivity index (χ3v) is 1.64. The summed E-state index contributed by atoms with van der Waals surface area (Å²) in [7, 11) is 1.60. The number of rotatable bonds is 2. The maximum atomic E-state index is 8.37. The Hall–Kier alpha value is -1.95. The molecule has 1 rings (SSSR count). The van der Waals surface area contributed by atoms with Crippen molar-refractivity contribution in [1.29, 1.82) is 5.26 Å². The standard InChI is InChI=1S/C10H10N2O/c1-13-9-4-2-8(3-5-9)10(12)6-7-11/h2-6H,12H2,1H3/b10-6-. The van der Waals surface area contributed by atoms with Crippen molar-refractivity contribution >= 4 is 5.70 Å². The van der Waals surface area contributed by atoms with Gasteiger partial charge in [0.1, 0.15) is 5.75 Å². The molecular weight excluding hydrogens is 164 g/mol. The third kappa shape index (κ3) is 2.24. The molecule has 1 aromatic carbocycles. The maximum Gasteiger partial charge on any atom is 0.118 e.